The summed E-state index contributed by atoms with van der Waals surface area (Å²) in [6.45, 7) is 0. The average Bonchev–Trinajstić information content (AvgIpc) is 3.11. The predicted octanol–water partition coefficient (Wildman–Crippen LogP) is 2.88. The van der Waals surface area contributed by atoms with Crippen molar-refractivity contribution >= 4 is 40.7 Å². The van der Waals surface area contributed by atoms with Crippen molar-refractivity contribution in [1.82, 2.24) is 0 Å². The van der Waals surface area contributed by atoms with Gasteiger partial charge in [-0.2, -0.15) is 0 Å². The van der Waals surface area contributed by atoms with Gasteiger partial charge in [0.2, 0.25) is 5.91 Å². The van der Waals surface area contributed by atoms with Crippen LogP contribution in [0, 0.1) is 0 Å². The van der Waals surface area contributed by atoms with Crippen molar-refractivity contribution in [2.45, 2.75) is 16.7 Å². The van der Waals surface area contributed by atoms with Crippen molar-refractivity contribution in [3.05, 3.63) is 47.3 Å². The summed E-state index contributed by atoms with van der Waals surface area (Å²) in [5.41, 5.74) is 1.64. The molecule has 1 N–H and O–H groups in total. The number of para-hydroxylation sites is 1. The predicted molar refractivity (Wildman–Crippen MR) is 84.1 cm³/mol. The Bertz CT molecular complexity index is 669. The monoisotopic (exact) mass is 319 g/mol. The third kappa shape index (κ3) is 2.82. The summed E-state index contributed by atoms with van der Waals surface area (Å²) in [7, 11) is 0. The van der Waals surface area contributed by atoms with Crippen LogP contribution in [0.1, 0.15) is 5.56 Å². The van der Waals surface area contributed by atoms with E-state index in [-0.39, 0.29) is 11.7 Å². The number of carbonyl (C=O) groups excluding carboxylic acids is 1. The van der Waals surface area contributed by atoms with Gasteiger partial charge in [0.1, 0.15) is 6.04 Å². The standard InChI is InChI=1S/C15H13NO3S2/c17-13(9-21-14-6-3-7-20-14)16-11-5-2-1-4-10(11)8-12(16)15(18)19/h1-7,12H,8-9H2,(H,18,19)/t12-/m0/s1. The Morgan fingerprint density at radius 1 is 1.29 bits per heavy atom. The Morgan fingerprint density at radius 2 is 2.10 bits per heavy atom. The summed E-state index contributed by atoms with van der Waals surface area (Å²) in [6.07, 6.45) is 0.376. The number of thiophene rings is 1. The van der Waals surface area contributed by atoms with Gasteiger partial charge in [0.25, 0.3) is 0 Å². The number of carboxylic acids is 1. The fourth-order valence-corrected chi connectivity index (χ4v) is 4.08. The molecular weight excluding hydrogens is 306 g/mol. The molecule has 1 atom stereocenters. The first-order valence-electron chi connectivity index (χ1n) is 6.46. The Balaban J connectivity index is 1.80. The lowest BCUT2D eigenvalue weighted by Crippen LogP contribution is -2.43. The molecule has 0 radical (unpaired) electrons. The summed E-state index contributed by atoms with van der Waals surface area (Å²) in [4.78, 5) is 25.3. The zero-order valence-electron chi connectivity index (χ0n) is 11.1. The van der Waals surface area contributed by atoms with E-state index in [0.29, 0.717) is 6.42 Å². The molecular formula is C15H13NO3S2. The first-order chi connectivity index (χ1) is 10.2. The number of thioether (sulfide) groups is 1. The summed E-state index contributed by atoms with van der Waals surface area (Å²) in [5.74, 6) is -0.870. The van der Waals surface area contributed by atoms with Crippen LogP contribution in [0.25, 0.3) is 0 Å². The molecule has 0 spiro atoms. The first kappa shape index (κ1) is 14.2. The molecule has 1 aromatic carbocycles. The summed E-state index contributed by atoms with van der Waals surface area (Å²) < 4.78 is 1.06. The third-order valence-corrected chi connectivity index (χ3v) is 5.48. The molecule has 2 heterocycles. The lowest BCUT2D eigenvalue weighted by molar-refractivity contribution is -0.139. The van der Waals surface area contributed by atoms with Crippen molar-refractivity contribution in [2.75, 3.05) is 10.7 Å². The van der Waals surface area contributed by atoms with E-state index in [1.807, 2.05) is 41.8 Å². The van der Waals surface area contributed by atoms with Crippen molar-refractivity contribution in [1.29, 1.82) is 0 Å². The Labute approximate surface area is 130 Å². The number of aliphatic carboxylic acids is 1. The molecule has 0 aliphatic carbocycles. The molecule has 0 fully saturated rings. The molecule has 1 amide bonds. The van der Waals surface area contributed by atoms with Crippen molar-refractivity contribution in [2.24, 2.45) is 0 Å². The number of hydrogen-bond donors (Lipinski definition) is 1. The Hall–Kier alpha value is -1.79. The minimum Gasteiger partial charge on any atom is -0.480 e. The first-order valence-corrected chi connectivity index (χ1v) is 8.32. The molecule has 0 bridgehead atoms. The quantitative estimate of drug-likeness (QED) is 0.881. The van der Waals surface area contributed by atoms with E-state index in [1.54, 1.807) is 11.3 Å². The number of fused-ring (bicyclic) bond motifs is 1. The van der Waals surface area contributed by atoms with Gasteiger partial charge in [-0.3, -0.25) is 9.69 Å². The van der Waals surface area contributed by atoms with Gasteiger partial charge in [0.15, 0.2) is 0 Å². The second kappa shape index (κ2) is 5.91. The highest BCUT2D eigenvalue weighted by Crippen LogP contribution is 2.33. The number of anilines is 1. The number of rotatable bonds is 4. The van der Waals surface area contributed by atoms with Crippen LogP contribution in [-0.4, -0.2) is 28.8 Å². The maximum Gasteiger partial charge on any atom is 0.327 e. The lowest BCUT2D eigenvalue weighted by Gasteiger charge is -2.22. The molecule has 108 valence electrons. The second-order valence-corrected chi connectivity index (χ2v) is 6.89. The smallest absolute Gasteiger partial charge is 0.327 e. The summed E-state index contributed by atoms with van der Waals surface area (Å²) >= 11 is 3.02. The van der Waals surface area contributed by atoms with Gasteiger partial charge in [-0.25, -0.2) is 4.79 Å². The highest BCUT2D eigenvalue weighted by Gasteiger charge is 2.37. The summed E-state index contributed by atoms with van der Waals surface area (Å²) in [5, 5.41) is 11.3. The van der Waals surface area contributed by atoms with Gasteiger partial charge >= 0.3 is 5.97 Å². The molecule has 3 rings (SSSR count). The Kier molecular flexibility index (Phi) is 3.98. The molecule has 1 aromatic heterocycles. The van der Waals surface area contributed by atoms with Crippen molar-refractivity contribution in [3.63, 3.8) is 0 Å². The fourth-order valence-electron chi connectivity index (χ4n) is 2.44. The molecule has 0 saturated heterocycles. The van der Waals surface area contributed by atoms with Gasteiger partial charge in [0.05, 0.1) is 9.96 Å². The van der Waals surface area contributed by atoms with E-state index in [9.17, 15) is 14.7 Å². The van der Waals surface area contributed by atoms with E-state index < -0.39 is 12.0 Å². The van der Waals surface area contributed by atoms with Crippen LogP contribution in [0.15, 0.2) is 46.0 Å². The molecule has 6 heteroatoms. The molecule has 2 aromatic rings. The van der Waals surface area contributed by atoms with Crippen LogP contribution in [0.3, 0.4) is 0 Å². The lowest BCUT2D eigenvalue weighted by atomic mass is 10.1. The molecule has 0 saturated carbocycles. The van der Waals surface area contributed by atoms with Gasteiger partial charge in [-0.1, -0.05) is 24.3 Å². The fraction of sp³-hybridized carbons (Fsp3) is 0.200. The minimum absolute atomic E-state index is 0.161. The average molecular weight is 319 g/mol. The van der Waals surface area contributed by atoms with E-state index in [2.05, 4.69) is 0 Å². The second-order valence-electron chi connectivity index (χ2n) is 4.67. The minimum atomic E-state index is -0.958. The van der Waals surface area contributed by atoms with Crippen LogP contribution in [0.2, 0.25) is 0 Å². The van der Waals surface area contributed by atoms with E-state index in [4.69, 9.17) is 0 Å². The largest absolute Gasteiger partial charge is 0.480 e. The SMILES string of the molecule is O=C(O)[C@@H]1Cc2ccccc2N1C(=O)CSc1cccs1. The van der Waals surface area contributed by atoms with E-state index in [0.717, 1.165) is 15.5 Å². The number of hydrogen-bond acceptors (Lipinski definition) is 4. The number of amides is 1. The molecule has 1 aliphatic rings. The van der Waals surface area contributed by atoms with Crippen LogP contribution >= 0.6 is 23.1 Å². The Morgan fingerprint density at radius 3 is 2.81 bits per heavy atom. The van der Waals surface area contributed by atoms with Crippen molar-refractivity contribution in [3.8, 4) is 0 Å². The van der Waals surface area contributed by atoms with Crippen molar-refractivity contribution < 1.29 is 14.7 Å². The molecule has 0 unspecified atom stereocenters. The number of carboxylic acid groups (broad SMARTS) is 1. The maximum absolute atomic E-state index is 12.5. The van der Waals surface area contributed by atoms with Crippen LogP contribution < -0.4 is 4.90 Å². The topological polar surface area (TPSA) is 57.6 Å². The van der Waals surface area contributed by atoms with Gasteiger partial charge < -0.3 is 5.11 Å². The highest BCUT2D eigenvalue weighted by molar-refractivity contribution is 8.01. The van der Waals surface area contributed by atoms with Gasteiger partial charge in [0, 0.05) is 12.1 Å². The number of nitrogens with zero attached hydrogens (tertiary/aromatic N) is 1. The molecule has 21 heavy (non-hydrogen) atoms. The van der Waals surface area contributed by atoms with Gasteiger partial charge in [-0.15, -0.1) is 23.1 Å². The van der Waals surface area contributed by atoms with Crippen LogP contribution in [-0.2, 0) is 16.0 Å². The third-order valence-electron chi connectivity index (χ3n) is 3.36. The molecule has 4 nitrogen and oxygen atoms in total. The van der Waals surface area contributed by atoms with Crippen LogP contribution in [0.4, 0.5) is 5.69 Å². The maximum atomic E-state index is 12.5. The van der Waals surface area contributed by atoms with E-state index >= 15 is 0 Å². The number of carbonyl (C=O) groups is 2. The zero-order chi connectivity index (χ0) is 14.8. The molecule has 1 aliphatic heterocycles. The number of benzene rings is 1. The normalized spacial score (nSPS) is 16.8. The zero-order valence-corrected chi connectivity index (χ0v) is 12.7. The van der Waals surface area contributed by atoms with Gasteiger partial charge in [-0.05, 0) is 23.1 Å². The van der Waals surface area contributed by atoms with E-state index in [1.165, 1.54) is 16.7 Å². The van der Waals surface area contributed by atoms with Crippen LogP contribution in [0.5, 0.6) is 0 Å². The summed E-state index contributed by atoms with van der Waals surface area (Å²) in [6, 6.07) is 10.5. The highest BCUT2D eigenvalue weighted by atomic mass is 32.2.